The van der Waals surface area contributed by atoms with E-state index in [1.165, 1.54) is 25.7 Å². The number of nitrogens with zero attached hydrogens (tertiary/aromatic N) is 4. The van der Waals surface area contributed by atoms with Gasteiger partial charge in [-0.3, -0.25) is 9.59 Å². The summed E-state index contributed by atoms with van der Waals surface area (Å²) in [5, 5.41) is 4.75. The molecule has 4 aliphatic rings. The standard InChI is InChI=1S/C24H28N4O2/c1-15-20-21(16-11-12-16)27(19-13-26(14-19)23(29)17-7-5-6-8-17)24(30)22(20)28(25-15)18-9-3-2-4-10-18/h2-4,9-10,16-17,19,21H,5-8,11-14H2,1H3. The maximum absolute atomic E-state index is 13.7. The van der Waals surface area contributed by atoms with Crippen LogP contribution in [0.15, 0.2) is 30.3 Å². The molecule has 2 aliphatic heterocycles. The quantitative estimate of drug-likeness (QED) is 0.784. The molecule has 1 aromatic carbocycles. The number of carbonyl (C=O) groups is 2. The zero-order valence-electron chi connectivity index (χ0n) is 17.5. The van der Waals surface area contributed by atoms with Crippen molar-refractivity contribution in [1.82, 2.24) is 19.6 Å². The molecule has 1 saturated heterocycles. The Kier molecular flexibility index (Phi) is 4.05. The van der Waals surface area contributed by atoms with Gasteiger partial charge in [-0.25, -0.2) is 4.68 Å². The third-order valence-electron chi connectivity index (χ3n) is 7.48. The lowest BCUT2D eigenvalue weighted by atomic mass is 9.97. The van der Waals surface area contributed by atoms with Crippen molar-refractivity contribution in [1.29, 1.82) is 0 Å². The number of aryl methyl sites for hydroxylation is 1. The lowest BCUT2D eigenvalue weighted by molar-refractivity contribution is -0.142. The van der Waals surface area contributed by atoms with Crippen LogP contribution in [0.2, 0.25) is 0 Å². The van der Waals surface area contributed by atoms with Crippen molar-refractivity contribution in [3.63, 3.8) is 0 Å². The van der Waals surface area contributed by atoms with E-state index in [-0.39, 0.29) is 23.9 Å². The van der Waals surface area contributed by atoms with Crippen LogP contribution in [0.4, 0.5) is 0 Å². The van der Waals surface area contributed by atoms with Crippen LogP contribution in [0.3, 0.4) is 0 Å². The number of rotatable bonds is 4. The Bertz CT molecular complexity index is 998. The van der Waals surface area contributed by atoms with Gasteiger partial charge in [-0.15, -0.1) is 0 Å². The molecule has 3 fully saturated rings. The molecule has 156 valence electrons. The molecule has 3 heterocycles. The Hall–Kier alpha value is -2.63. The highest BCUT2D eigenvalue weighted by Gasteiger charge is 2.53. The monoisotopic (exact) mass is 404 g/mol. The second-order valence-corrected chi connectivity index (χ2v) is 9.47. The van der Waals surface area contributed by atoms with Gasteiger partial charge in [-0.1, -0.05) is 31.0 Å². The number of likely N-dealkylation sites (tertiary alicyclic amines) is 1. The first kappa shape index (κ1) is 18.2. The molecule has 2 amide bonds. The van der Waals surface area contributed by atoms with E-state index in [0.29, 0.717) is 24.9 Å². The SMILES string of the molecule is Cc1nn(-c2ccccc2)c2c1C(C1CC1)N(C1CN(C(=O)C3CCCC3)C1)C2=O. The van der Waals surface area contributed by atoms with Crippen molar-refractivity contribution >= 4 is 11.8 Å². The first-order valence-corrected chi connectivity index (χ1v) is 11.4. The van der Waals surface area contributed by atoms with E-state index >= 15 is 0 Å². The van der Waals surface area contributed by atoms with Gasteiger partial charge in [0.1, 0.15) is 5.69 Å². The molecule has 2 aliphatic carbocycles. The Labute approximate surface area is 176 Å². The van der Waals surface area contributed by atoms with Gasteiger partial charge in [0.2, 0.25) is 5.91 Å². The summed E-state index contributed by atoms with van der Waals surface area (Å²) in [5.74, 6) is 1.14. The van der Waals surface area contributed by atoms with E-state index in [1.54, 1.807) is 0 Å². The molecule has 0 spiro atoms. The molecular formula is C24H28N4O2. The molecule has 1 atom stereocenters. The van der Waals surface area contributed by atoms with Crippen LogP contribution in [0.1, 0.15) is 66.3 Å². The summed E-state index contributed by atoms with van der Waals surface area (Å²) < 4.78 is 1.84. The number of benzene rings is 1. The van der Waals surface area contributed by atoms with Gasteiger partial charge in [0.25, 0.3) is 5.91 Å². The molecule has 2 saturated carbocycles. The fourth-order valence-electron chi connectivity index (χ4n) is 5.75. The second-order valence-electron chi connectivity index (χ2n) is 9.47. The maximum Gasteiger partial charge on any atom is 0.273 e. The molecule has 30 heavy (non-hydrogen) atoms. The third kappa shape index (κ3) is 2.65. The number of carbonyl (C=O) groups excluding carboxylic acids is 2. The van der Waals surface area contributed by atoms with Gasteiger partial charge in [-0.05, 0) is 50.7 Å². The third-order valence-corrected chi connectivity index (χ3v) is 7.48. The van der Waals surface area contributed by atoms with E-state index in [2.05, 4.69) is 4.90 Å². The summed E-state index contributed by atoms with van der Waals surface area (Å²) in [7, 11) is 0. The Balaban J connectivity index is 1.29. The molecule has 0 bridgehead atoms. The van der Waals surface area contributed by atoms with Crippen molar-refractivity contribution in [3.05, 3.63) is 47.3 Å². The highest BCUT2D eigenvalue weighted by atomic mass is 16.2. The molecule has 6 heteroatoms. The van der Waals surface area contributed by atoms with Crippen molar-refractivity contribution in [2.75, 3.05) is 13.1 Å². The summed E-state index contributed by atoms with van der Waals surface area (Å²) in [4.78, 5) is 30.5. The fraction of sp³-hybridized carbons (Fsp3) is 0.542. The van der Waals surface area contributed by atoms with Crippen molar-refractivity contribution < 1.29 is 9.59 Å². The van der Waals surface area contributed by atoms with E-state index in [0.717, 1.165) is 35.5 Å². The first-order chi connectivity index (χ1) is 14.6. The number of para-hydroxylation sites is 1. The highest BCUT2D eigenvalue weighted by molar-refractivity contribution is 5.99. The van der Waals surface area contributed by atoms with Gasteiger partial charge >= 0.3 is 0 Å². The minimum Gasteiger partial charge on any atom is -0.338 e. The summed E-state index contributed by atoms with van der Waals surface area (Å²) in [6.45, 7) is 3.40. The molecule has 0 N–H and O–H groups in total. The van der Waals surface area contributed by atoms with Crippen LogP contribution in [-0.4, -0.2) is 50.5 Å². The van der Waals surface area contributed by atoms with Gasteiger partial charge in [0, 0.05) is 24.6 Å². The van der Waals surface area contributed by atoms with E-state index in [9.17, 15) is 9.59 Å². The Morgan fingerprint density at radius 1 is 1.03 bits per heavy atom. The minimum absolute atomic E-state index is 0.0873. The number of aromatic nitrogens is 2. The van der Waals surface area contributed by atoms with Gasteiger partial charge in [-0.2, -0.15) is 5.10 Å². The molecule has 0 radical (unpaired) electrons. The molecular weight excluding hydrogens is 376 g/mol. The van der Waals surface area contributed by atoms with Crippen LogP contribution >= 0.6 is 0 Å². The average Bonchev–Trinajstić information content (AvgIpc) is 3.17. The highest BCUT2D eigenvalue weighted by Crippen LogP contribution is 2.52. The predicted molar refractivity (Wildman–Crippen MR) is 112 cm³/mol. The van der Waals surface area contributed by atoms with Crippen LogP contribution in [-0.2, 0) is 4.79 Å². The minimum atomic E-state index is 0.0873. The van der Waals surface area contributed by atoms with Crippen molar-refractivity contribution in [3.8, 4) is 5.69 Å². The van der Waals surface area contributed by atoms with E-state index in [1.807, 2.05) is 46.8 Å². The summed E-state index contributed by atoms with van der Waals surface area (Å²) >= 11 is 0. The molecule has 2 aromatic rings. The number of amides is 2. The van der Waals surface area contributed by atoms with Gasteiger partial charge < -0.3 is 9.80 Å². The Morgan fingerprint density at radius 2 is 1.73 bits per heavy atom. The van der Waals surface area contributed by atoms with Gasteiger partial charge in [0.05, 0.1) is 23.5 Å². The largest absolute Gasteiger partial charge is 0.338 e. The zero-order chi connectivity index (χ0) is 20.4. The van der Waals surface area contributed by atoms with Crippen LogP contribution in [0.5, 0.6) is 0 Å². The lowest BCUT2D eigenvalue weighted by Gasteiger charge is -2.47. The van der Waals surface area contributed by atoms with Crippen molar-refractivity contribution in [2.24, 2.45) is 11.8 Å². The number of hydrogen-bond donors (Lipinski definition) is 0. The summed E-state index contributed by atoms with van der Waals surface area (Å²) in [5.41, 5.74) is 3.74. The zero-order valence-corrected chi connectivity index (χ0v) is 17.5. The summed E-state index contributed by atoms with van der Waals surface area (Å²) in [6, 6.07) is 10.2. The lowest BCUT2D eigenvalue weighted by Crippen LogP contribution is -2.62. The van der Waals surface area contributed by atoms with Gasteiger partial charge in [0.15, 0.2) is 0 Å². The van der Waals surface area contributed by atoms with Crippen LogP contribution in [0, 0.1) is 18.8 Å². The van der Waals surface area contributed by atoms with Crippen LogP contribution < -0.4 is 0 Å². The normalized spacial score (nSPS) is 24.4. The number of hydrogen-bond acceptors (Lipinski definition) is 3. The van der Waals surface area contributed by atoms with E-state index < -0.39 is 0 Å². The first-order valence-electron chi connectivity index (χ1n) is 11.4. The topological polar surface area (TPSA) is 58.4 Å². The smallest absolute Gasteiger partial charge is 0.273 e. The van der Waals surface area contributed by atoms with Crippen LogP contribution in [0.25, 0.3) is 5.69 Å². The molecule has 6 rings (SSSR count). The van der Waals surface area contributed by atoms with E-state index in [4.69, 9.17) is 5.10 Å². The summed E-state index contributed by atoms with van der Waals surface area (Å²) in [6.07, 6.45) is 6.75. The predicted octanol–water partition coefficient (Wildman–Crippen LogP) is 3.49. The molecule has 1 unspecified atom stereocenters. The Morgan fingerprint density at radius 3 is 2.40 bits per heavy atom. The maximum atomic E-state index is 13.7. The second kappa shape index (κ2) is 6.69. The molecule has 1 aromatic heterocycles. The van der Waals surface area contributed by atoms with Crippen molar-refractivity contribution in [2.45, 2.75) is 57.5 Å². The fourth-order valence-corrected chi connectivity index (χ4v) is 5.75. The number of fused-ring (bicyclic) bond motifs is 1. The average molecular weight is 405 g/mol. The molecule has 6 nitrogen and oxygen atoms in total.